The number of nitrogens with one attached hydrogen (secondary N) is 1. The summed E-state index contributed by atoms with van der Waals surface area (Å²) in [6, 6.07) is 7.59. The molecule has 0 aromatic heterocycles. The second-order valence-corrected chi connectivity index (χ2v) is 9.16. The Balaban J connectivity index is 1.57. The van der Waals surface area contributed by atoms with Crippen molar-refractivity contribution in [3.8, 4) is 6.07 Å². The topological polar surface area (TPSA) is 76.4 Å². The van der Waals surface area contributed by atoms with Crippen LogP contribution >= 0.6 is 11.6 Å². The van der Waals surface area contributed by atoms with Gasteiger partial charge in [0.1, 0.15) is 6.07 Å². The van der Waals surface area contributed by atoms with Gasteiger partial charge in [-0.15, -0.1) is 0 Å². The molecule has 2 aliphatic rings. The maximum atomic E-state index is 13.0. The Morgan fingerprint density at radius 2 is 1.97 bits per heavy atom. The molecule has 0 saturated carbocycles. The van der Waals surface area contributed by atoms with Crippen LogP contribution in [0.1, 0.15) is 45.6 Å². The van der Waals surface area contributed by atoms with E-state index in [2.05, 4.69) is 16.3 Å². The normalized spacial score (nSPS) is 21.2. The maximum absolute atomic E-state index is 13.0. The van der Waals surface area contributed by atoms with Gasteiger partial charge in [-0.1, -0.05) is 32.4 Å². The molecule has 2 aliphatic heterocycles. The van der Waals surface area contributed by atoms with Gasteiger partial charge in [0.2, 0.25) is 11.8 Å². The number of nitrogens with zero attached hydrogens (tertiary/aromatic N) is 3. The van der Waals surface area contributed by atoms with E-state index >= 15 is 0 Å². The van der Waals surface area contributed by atoms with E-state index in [0.29, 0.717) is 49.6 Å². The lowest BCUT2D eigenvalue weighted by molar-refractivity contribution is -0.134. The number of piperidine rings is 1. The van der Waals surface area contributed by atoms with E-state index in [1.165, 1.54) is 0 Å². The fourth-order valence-electron chi connectivity index (χ4n) is 4.14. The number of hydrogen-bond donors (Lipinski definition) is 1. The minimum atomic E-state index is -0.439. The van der Waals surface area contributed by atoms with Crippen LogP contribution in [0.5, 0.6) is 0 Å². The van der Waals surface area contributed by atoms with Crippen molar-refractivity contribution in [3.05, 3.63) is 28.8 Å². The van der Waals surface area contributed by atoms with Crippen molar-refractivity contribution in [2.75, 3.05) is 31.1 Å². The summed E-state index contributed by atoms with van der Waals surface area (Å²) < 4.78 is 0. The zero-order valence-corrected chi connectivity index (χ0v) is 18.1. The highest BCUT2D eigenvalue weighted by Gasteiger charge is 2.39. The summed E-state index contributed by atoms with van der Waals surface area (Å²) in [4.78, 5) is 29.2. The zero-order chi connectivity index (χ0) is 21.2. The van der Waals surface area contributed by atoms with Gasteiger partial charge in [-0.25, -0.2) is 0 Å². The van der Waals surface area contributed by atoms with E-state index in [4.69, 9.17) is 11.6 Å². The minimum absolute atomic E-state index is 0.0162. The van der Waals surface area contributed by atoms with Crippen LogP contribution in [0.4, 0.5) is 5.69 Å². The average molecular weight is 417 g/mol. The Morgan fingerprint density at radius 3 is 2.59 bits per heavy atom. The monoisotopic (exact) mass is 416 g/mol. The van der Waals surface area contributed by atoms with E-state index in [1.807, 2.05) is 31.7 Å². The summed E-state index contributed by atoms with van der Waals surface area (Å²) >= 11 is 6.00. The largest absolute Gasteiger partial charge is 0.370 e. The predicted octanol–water partition coefficient (Wildman–Crippen LogP) is 3.19. The summed E-state index contributed by atoms with van der Waals surface area (Å²) in [7, 11) is 0. The van der Waals surface area contributed by atoms with Crippen molar-refractivity contribution in [1.29, 1.82) is 5.26 Å². The standard InChI is InChI=1S/C22H29ClN4O2/c1-15(2)20(28)27-9-6-18(14-27)25-21(29)22(3)7-10-26(11-8-22)19-5-4-17(23)12-16(19)13-24/h4-5,12,15,18H,6-11,14H2,1-3H3,(H,25,29). The Kier molecular flexibility index (Phi) is 6.38. The Morgan fingerprint density at radius 1 is 1.28 bits per heavy atom. The van der Waals surface area contributed by atoms with Gasteiger partial charge in [0.15, 0.2) is 0 Å². The Hall–Kier alpha value is -2.26. The van der Waals surface area contributed by atoms with Gasteiger partial charge in [-0.05, 0) is 37.5 Å². The van der Waals surface area contributed by atoms with E-state index in [-0.39, 0.29) is 23.8 Å². The number of rotatable bonds is 4. The van der Waals surface area contributed by atoms with Gasteiger partial charge in [-0.2, -0.15) is 5.26 Å². The van der Waals surface area contributed by atoms with Crippen LogP contribution in [-0.4, -0.2) is 48.9 Å². The highest BCUT2D eigenvalue weighted by atomic mass is 35.5. The highest BCUT2D eigenvalue weighted by molar-refractivity contribution is 6.30. The number of amides is 2. The smallest absolute Gasteiger partial charge is 0.226 e. The molecule has 0 spiro atoms. The number of nitriles is 1. The summed E-state index contributed by atoms with van der Waals surface area (Å²) in [6.45, 7) is 8.55. The molecule has 156 valence electrons. The molecular formula is C22H29ClN4O2. The third kappa shape index (κ3) is 4.67. The Bertz CT molecular complexity index is 825. The Labute approximate surface area is 177 Å². The number of carbonyl (C=O) groups excluding carboxylic acids is 2. The quantitative estimate of drug-likeness (QED) is 0.817. The molecule has 1 atom stereocenters. The molecule has 3 rings (SSSR count). The molecule has 6 nitrogen and oxygen atoms in total. The van der Waals surface area contributed by atoms with Crippen molar-refractivity contribution < 1.29 is 9.59 Å². The summed E-state index contributed by atoms with van der Waals surface area (Å²) in [6.07, 6.45) is 2.24. The van der Waals surface area contributed by atoms with Crippen LogP contribution < -0.4 is 10.2 Å². The first-order valence-electron chi connectivity index (χ1n) is 10.3. The molecule has 1 aromatic carbocycles. The molecule has 0 radical (unpaired) electrons. The molecule has 1 unspecified atom stereocenters. The van der Waals surface area contributed by atoms with Crippen LogP contribution in [0.25, 0.3) is 0 Å². The summed E-state index contributed by atoms with van der Waals surface area (Å²) in [5, 5.41) is 13.1. The second kappa shape index (κ2) is 8.62. The molecule has 0 aliphatic carbocycles. The van der Waals surface area contributed by atoms with Crippen LogP contribution in [0.3, 0.4) is 0 Å². The van der Waals surface area contributed by atoms with Crippen LogP contribution in [-0.2, 0) is 9.59 Å². The highest BCUT2D eigenvalue weighted by Crippen LogP contribution is 2.35. The lowest BCUT2D eigenvalue weighted by atomic mass is 9.79. The van der Waals surface area contributed by atoms with Crippen molar-refractivity contribution in [2.45, 2.75) is 46.1 Å². The van der Waals surface area contributed by atoms with Gasteiger partial charge in [0.25, 0.3) is 0 Å². The molecule has 7 heteroatoms. The van der Waals surface area contributed by atoms with Crippen LogP contribution in [0.2, 0.25) is 5.02 Å². The number of likely N-dealkylation sites (tertiary alicyclic amines) is 1. The molecule has 2 heterocycles. The zero-order valence-electron chi connectivity index (χ0n) is 17.4. The maximum Gasteiger partial charge on any atom is 0.226 e. The van der Waals surface area contributed by atoms with Crippen LogP contribution in [0, 0.1) is 22.7 Å². The summed E-state index contributed by atoms with van der Waals surface area (Å²) in [5.41, 5.74) is 0.995. The van der Waals surface area contributed by atoms with Gasteiger partial charge in [0, 0.05) is 48.6 Å². The predicted molar refractivity (Wildman–Crippen MR) is 114 cm³/mol. The molecule has 1 aromatic rings. The SMILES string of the molecule is CC(C)C(=O)N1CCC(NC(=O)C2(C)CCN(c3ccc(Cl)cc3C#N)CC2)C1. The number of anilines is 1. The van der Waals surface area contributed by atoms with Crippen molar-refractivity contribution in [1.82, 2.24) is 10.2 Å². The van der Waals surface area contributed by atoms with E-state index in [0.717, 1.165) is 12.1 Å². The lowest BCUT2D eigenvalue weighted by Crippen LogP contribution is -2.50. The number of halogens is 1. The third-order valence-corrected chi connectivity index (χ3v) is 6.40. The first-order valence-corrected chi connectivity index (χ1v) is 10.7. The van der Waals surface area contributed by atoms with Crippen LogP contribution in [0.15, 0.2) is 18.2 Å². The molecule has 29 heavy (non-hydrogen) atoms. The number of hydrogen-bond acceptors (Lipinski definition) is 4. The molecule has 2 amide bonds. The molecular weight excluding hydrogens is 388 g/mol. The molecule has 2 saturated heterocycles. The van der Waals surface area contributed by atoms with Gasteiger partial charge in [0.05, 0.1) is 11.3 Å². The first-order chi connectivity index (χ1) is 13.7. The molecule has 2 fully saturated rings. The van der Waals surface area contributed by atoms with E-state index < -0.39 is 5.41 Å². The van der Waals surface area contributed by atoms with E-state index in [1.54, 1.807) is 12.1 Å². The first kappa shape index (κ1) is 21.4. The van der Waals surface area contributed by atoms with Crippen molar-refractivity contribution in [3.63, 3.8) is 0 Å². The second-order valence-electron chi connectivity index (χ2n) is 8.72. The van der Waals surface area contributed by atoms with Gasteiger partial charge < -0.3 is 15.1 Å². The molecule has 1 N–H and O–H groups in total. The fourth-order valence-corrected chi connectivity index (χ4v) is 4.32. The van der Waals surface area contributed by atoms with Gasteiger partial charge in [-0.3, -0.25) is 9.59 Å². The number of benzene rings is 1. The fraction of sp³-hybridized carbons (Fsp3) is 0.591. The molecule has 0 bridgehead atoms. The van der Waals surface area contributed by atoms with Gasteiger partial charge >= 0.3 is 0 Å². The number of carbonyl (C=O) groups is 2. The summed E-state index contributed by atoms with van der Waals surface area (Å²) in [5.74, 6) is 0.201. The minimum Gasteiger partial charge on any atom is -0.370 e. The lowest BCUT2D eigenvalue weighted by Gasteiger charge is -2.40. The van der Waals surface area contributed by atoms with Crippen molar-refractivity contribution in [2.24, 2.45) is 11.3 Å². The van der Waals surface area contributed by atoms with Crippen molar-refractivity contribution >= 4 is 29.1 Å². The average Bonchev–Trinajstić information content (AvgIpc) is 3.16. The third-order valence-electron chi connectivity index (χ3n) is 6.16. The van der Waals surface area contributed by atoms with E-state index in [9.17, 15) is 14.9 Å².